The van der Waals surface area contributed by atoms with E-state index in [1.54, 1.807) is 0 Å². The highest BCUT2D eigenvalue weighted by atomic mass is 16.5. The van der Waals surface area contributed by atoms with Crippen molar-refractivity contribution >= 4 is 5.97 Å². The molecule has 1 rings (SSSR count). The second-order valence-corrected chi connectivity index (χ2v) is 5.13. The predicted molar refractivity (Wildman–Crippen MR) is 63.3 cm³/mol. The molecule has 1 fully saturated rings. The van der Waals surface area contributed by atoms with Gasteiger partial charge in [-0.1, -0.05) is 39.5 Å². The summed E-state index contributed by atoms with van der Waals surface area (Å²) < 4.78 is 10.3. The molecule has 0 spiro atoms. The van der Waals surface area contributed by atoms with Crippen molar-refractivity contribution in [1.29, 1.82) is 0 Å². The van der Waals surface area contributed by atoms with Gasteiger partial charge in [-0.05, 0) is 6.42 Å². The summed E-state index contributed by atoms with van der Waals surface area (Å²) >= 11 is 0. The molecule has 1 aliphatic rings. The van der Waals surface area contributed by atoms with Crippen LogP contribution in [-0.2, 0) is 14.3 Å². The lowest BCUT2D eigenvalue weighted by Crippen LogP contribution is -2.44. The number of carbonyl (C=O) groups excluding carboxylic acids is 1. The smallest absolute Gasteiger partial charge is 0.305 e. The van der Waals surface area contributed by atoms with Crippen molar-refractivity contribution in [3.05, 3.63) is 0 Å². The van der Waals surface area contributed by atoms with Crippen LogP contribution in [0.3, 0.4) is 0 Å². The summed E-state index contributed by atoms with van der Waals surface area (Å²) in [5.74, 6) is -0.0513. The van der Waals surface area contributed by atoms with E-state index in [9.17, 15) is 4.79 Å². The highest BCUT2D eigenvalue weighted by molar-refractivity contribution is 5.69. The number of ether oxygens (including phenoxy) is 2. The summed E-state index contributed by atoms with van der Waals surface area (Å²) in [6, 6.07) is 0. The van der Waals surface area contributed by atoms with Crippen LogP contribution in [-0.4, -0.2) is 25.8 Å². The minimum atomic E-state index is -0.0513. The van der Waals surface area contributed by atoms with Crippen molar-refractivity contribution in [2.45, 2.75) is 52.4 Å². The fourth-order valence-corrected chi connectivity index (χ4v) is 1.73. The Kier molecular flexibility index (Phi) is 5.81. The minimum absolute atomic E-state index is 0.0513. The van der Waals surface area contributed by atoms with E-state index in [1.807, 2.05) is 0 Å². The first-order valence-corrected chi connectivity index (χ1v) is 6.40. The Morgan fingerprint density at radius 2 is 1.94 bits per heavy atom. The van der Waals surface area contributed by atoms with Gasteiger partial charge < -0.3 is 9.47 Å². The van der Waals surface area contributed by atoms with Crippen molar-refractivity contribution in [3.63, 3.8) is 0 Å². The van der Waals surface area contributed by atoms with Gasteiger partial charge in [0.15, 0.2) is 0 Å². The van der Waals surface area contributed by atoms with Gasteiger partial charge in [-0.15, -0.1) is 0 Å². The van der Waals surface area contributed by atoms with Crippen molar-refractivity contribution in [2.24, 2.45) is 5.41 Å². The Bertz CT molecular complexity index is 209. The van der Waals surface area contributed by atoms with E-state index in [4.69, 9.17) is 9.47 Å². The van der Waals surface area contributed by atoms with Crippen LogP contribution in [0.4, 0.5) is 0 Å². The van der Waals surface area contributed by atoms with Crippen LogP contribution in [0.5, 0.6) is 0 Å². The van der Waals surface area contributed by atoms with Gasteiger partial charge in [-0.2, -0.15) is 0 Å². The molecule has 16 heavy (non-hydrogen) atoms. The monoisotopic (exact) mass is 228 g/mol. The summed E-state index contributed by atoms with van der Waals surface area (Å²) in [6.07, 6.45) is 6.42. The second kappa shape index (κ2) is 6.89. The van der Waals surface area contributed by atoms with Crippen molar-refractivity contribution < 1.29 is 14.3 Å². The van der Waals surface area contributed by atoms with E-state index in [0.717, 1.165) is 26.1 Å². The summed E-state index contributed by atoms with van der Waals surface area (Å²) in [7, 11) is 0. The van der Waals surface area contributed by atoms with Crippen LogP contribution in [0.25, 0.3) is 0 Å². The molecule has 3 nitrogen and oxygen atoms in total. The van der Waals surface area contributed by atoms with E-state index < -0.39 is 0 Å². The van der Waals surface area contributed by atoms with Gasteiger partial charge in [-0.3, -0.25) is 4.79 Å². The van der Waals surface area contributed by atoms with E-state index in [0.29, 0.717) is 13.0 Å². The van der Waals surface area contributed by atoms with Crippen molar-refractivity contribution in [3.8, 4) is 0 Å². The van der Waals surface area contributed by atoms with E-state index in [2.05, 4.69) is 13.8 Å². The number of carbonyl (C=O) groups is 1. The Hall–Kier alpha value is -0.570. The predicted octanol–water partition coefficient (Wildman–Crippen LogP) is 2.93. The number of unbranched alkanes of at least 4 members (excludes halogenated alkanes) is 4. The molecular formula is C13H24O3. The third-order valence-electron chi connectivity index (χ3n) is 2.97. The van der Waals surface area contributed by atoms with Crippen LogP contribution >= 0.6 is 0 Å². The molecule has 0 aliphatic carbocycles. The van der Waals surface area contributed by atoms with Gasteiger partial charge >= 0.3 is 5.97 Å². The number of hydrogen-bond donors (Lipinski definition) is 0. The molecule has 0 aromatic carbocycles. The molecular weight excluding hydrogens is 204 g/mol. The minimum Gasteiger partial charge on any atom is -0.465 e. The first-order valence-electron chi connectivity index (χ1n) is 6.40. The first kappa shape index (κ1) is 13.5. The van der Waals surface area contributed by atoms with Gasteiger partial charge in [0.05, 0.1) is 13.2 Å². The zero-order chi connectivity index (χ0) is 11.9. The molecule has 0 aromatic rings. The van der Waals surface area contributed by atoms with Crippen LogP contribution in [0.15, 0.2) is 0 Å². The second-order valence-electron chi connectivity index (χ2n) is 5.13. The van der Waals surface area contributed by atoms with Crippen LogP contribution in [0.2, 0.25) is 0 Å². The Balaban J connectivity index is 1.94. The van der Waals surface area contributed by atoms with Crippen LogP contribution in [0, 0.1) is 5.41 Å². The maximum atomic E-state index is 11.4. The molecule has 0 amide bonds. The lowest BCUT2D eigenvalue weighted by atomic mass is 9.90. The third kappa shape index (κ3) is 4.97. The Labute approximate surface area is 98.5 Å². The van der Waals surface area contributed by atoms with E-state index >= 15 is 0 Å². The van der Waals surface area contributed by atoms with Crippen molar-refractivity contribution in [1.82, 2.24) is 0 Å². The first-order chi connectivity index (χ1) is 7.66. The normalized spacial score (nSPS) is 17.9. The zero-order valence-corrected chi connectivity index (χ0v) is 10.6. The van der Waals surface area contributed by atoms with Gasteiger partial charge in [0.2, 0.25) is 0 Å². The molecule has 0 unspecified atom stereocenters. The quantitative estimate of drug-likeness (QED) is 0.473. The molecule has 0 radical (unpaired) electrons. The van der Waals surface area contributed by atoms with Gasteiger partial charge in [-0.25, -0.2) is 0 Å². The van der Waals surface area contributed by atoms with E-state index in [1.165, 1.54) is 19.3 Å². The fourth-order valence-electron chi connectivity index (χ4n) is 1.73. The van der Waals surface area contributed by atoms with Gasteiger partial charge in [0, 0.05) is 11.8 Å². The summed E-state index contributed by atoms with van der Waals surface area (Å²) in [4.78, 5) is 11.4. The highest BCUT2D eigenvalue weighted by Gasteiger charge is 2.34. The maximum Gasteiger partial charge on any atom is 0.305 e. The summed E-state index contributed by atoms with van der Waals surface area (Å²) in [6.45, 7) is 6.23. The van der Waals surface area contributed by atoms with Crippen molar-refractivity contribution in [2.75, 3.05) is 19.8 Å². The lowest BCUT2D eigenvalue weighted by Gasteiger charge is -2.37. The largest absolute Gasteiger partial charge is 0.465 e. The fraction of sp³-hybridized carbons (Fsp3) is 0.923. The molecule has 1 saturated heterocycles. The van der Waals surface area contributed by atoms with E-state index in [-0.39, 0.29) is 11.4 Å². The van der Waals surface area contributed by atoms with Gasteiger partial charge in [0.25, 0.3) is 0 Å². The summed E-state index contributed by atoms with van der Waals surface area (Å²) in [5.41, 5.74) is 0.0812. The van der Waals surface area contributed by atoms with Gasteiger partial charge in [0.1, 0.15) is 6.61 Å². The molecule has 1 heterocycles. The summed E-state index contributed by atoms with van der Waals surface area (Å²) in [5, 5.41) is 0. The molecule has 0 aromatic heterocycles. The number of hydrogen-bond acceptors (Lipinski definition) is 3. The number of esters is 1. The molecule has 0 N–H and O–H groups in total. The molecule has 1 aliphatic heterocycles. The number of rotatable bonds is 8. The highest BCUT2D eigenvalue weighted by Crippen LogP contribution is 2.26. The molecule has 3 heteroatoms. The SMILES string of the molecule is CCCCCCCC(=O)OCC1(C)COC1. The molecule has 0 saturated carbocycles. The topological polar surface area (TPSA) is 35.5 Å². The third-order valence-corrected chi connectivity index (χ3v) is 2.97. The average Bonchev–Trinajstić information content (AvgIpc) is 2.23. The average molecular weight is 228 g/mol. The molecule has 0 bridgehead atoms. The lowest BCUT2D eigenvalue weighted by molar-refractivity contribution is -0.165. The zero-order valence-electron chi connectivity index (χ0n) is 10.6. The Morgan fingerprint density at radius 1 is 1.25 bits per heavy atom. The maximum absolute atomic E-state index is 11.4. The van der Waals surface area contributed by atoms with Crippen LogP contribution in [0.1, 0.15) is 52.4 Å². The molecule has 0 atom stereocenters. The van der Waals surface area contributed by atoms with Crippen LogP contribution < -0.4 is 0 Å². The standard InChI is InChI=1S/C13H24O3/c1-3-4-5-6-7-8-12(14)16-11-13(2)9-15-10-13/h3-11H2,1-2H3. The molecule has 94 valence electrons. The Morgan fingerprint density at radius 3 is 2.50 bits per heavy atom.